The first kappa shape index (κ1) is 18.9. The topological polar surface area (TPSA) is 46.9 Å². The Labute approximate surface area is 171 Å². The summed E-state index contributed by atoms with van der Waals surface area (Å²) in [6.45, 7) is 4.17. The predicted octanol–water partition coefficient (Wildman–Crippen LogP) is 5.07. The van der Waals surface area contributed by atoms with Crippen molar-refractivity contribution in [2.75, 3.05) is 0 Å². The van der Waals surface area contributed by atoms with Crippen molar-refractivity contribution in [3.63, 3.8) is 0 Å². The van der Waals surface area contributed by atoms with Gasteiger partial charge in [-0.1, -0.05) is 72.8 Å². The van der Waals surface area contributed by atoms with Crippen molar-refractivity contribution in [2.45, 2.75) is 32.4 Å². The molecular weight excluding hydrogens is 358 g/mol. The third-order valence-electron chi connectivity index (χ3n) is 5.26. The van der Waals surface area contributed by atoms with Gasteiger partial charge in [-0.25, -0.2) is 4.98 Å². The second kappa shape index (κ2) is 8.31. The molecule has 0 aliphatic carbocycles. The molecule has 1 amide bonds. The summed E-state index contributed by atoms with van der Waals surface area (Å²) >= 11 is 0. The van der Waals surface area contributed by atoms with Crippen molar-refractivity contribution in [1.82, 2.24) is 14.9 Å². The molecule has 29 heavy (non-hydrogen) atoms. The summed E-state index contributed by atoms with van der Waals surface area (Å²) in [5.41, 5.74) is 4.22. The number of carbonyl (C=O) groups excluding carboxylic acids is 1. The molecule has 2 atom stereocenters. The number of benzene rings is 3. The van der Waals surface area contributed by atoms with Crippen molar-refractivity contribution >= 4 is 16.9 Å². The molecule has 4 nitrogen and oxygen atoms in total. The molecule has 0 aliphatic rings. The van der Waals surface area contributed by atoms with Crippen LogP contribution < -0.4 is 5.32 Å². The Bertz CT molecular complexity index is 1100. The average molecular weight is 383 g/mol. The Morgan fingerprint density at radius 1 is 0.897 bits per heavy atom. The van der Waals surface area contributed by atoms with Gasteiger partial charge in [0.05, 0.1) is 29.5 Å². The Kier molecular flexibility index (Phi) is 5.43. The minimum Gasteiger partial charge on any atom is -0.346 e. The summed E-state index contributed by atoms with van der Waals surface area (Å²) in [6.07, 6.45) is 0.361. The lowest BCUT2D eigenvalue weighted by Crippen LogP contribution is -2.30. The van der Waals surface area contributed by atoms with E-state index in [1.165, 1.54) is 5.56 Å². The maximum absolute atomic E-state index is 12.6. The molecule has 0 bridgehead atoms. The number of aromatic nitrogens is 2. The highest BCUT2D eigenvalue weighted by molar-refractivity contribution is 5.80. The average Bonchev–Trinajstić information content (AvgIpc) is 3.14. The fourth-order valence-corrected chi connectivity index (χ4v) is 3.79. The highest BCUT2D eigenvalue weighted by atomic mass is 16.1. The summed E-state index contributed by atoms with van der Waals surface area (Å²) < 4.78 is 2.23. The van der Waals surface area contributed by atoms with Gasteiger partial charge in [0.2, 0.25) is 5.91 Å². The van der Waals surface area contributed by atoms with E-state index in [4.69, 9.17) is 4.98 Å². The second-order valence-corrected chi connectivity index (χ2v) is 7.37. The van der Waals surface area contributed by atoms with Gasteiger partial charge in [-0.15, -0.1) is 0 Å². The van der Waals surface area contributed by atoms with E-state index in [0.717, 1.165) is 22.4 Å². The van der Waals surface area contributed by atoms with Crippen molar-refractivity contribution in [1.29, 1.82) is 0 Å². The normalized spacial score (nSPS) is 13.2. The van der Waals surface area contributed by atoms with Crippen molar-refractivity contribution < 1.29 is 4.79 Å². The number of hydrogen-bond acceptors (Lipinski definition) is 2. The van der Waals surface area contributed by atoms with Gasteiger partial charge in [0.1, 0.15) is 5.82 Å². The quantitative estimate of drug-likeness (QED) is 0.505. The number of carbonyl (C=O) groups is 1. The Morgan fingerprint density at radius 2 is 1.52 bits per heavy atom. The van der Waals surface area contributed by atoms with E-state index >= 15 is 0 Å². The number of fused-ring (bicyclic) bond motifs is 1. The van der Waals surface area contributed by atoms with E-state index in [9.17, 15) is 4.79 Å². The van der Waals surface area contributed by atoms with Crippen LogP contribution in [0.3, 0.4) is 0 Å². The fourth-order valence-electron chi connectivity index (χ4n) is 3.79. The maximum Gasteiger partial charge on any atom is 0.224 e. The van der Waals surface area contributed by atoms with E-state index in [-0.39, 0.29) is 18.0 Å². The highest BCUT2D eigenvalue weighted by Crippen LogP contribution is 2.28. The second-order valence-electron chi connectivity index (χ2n) is 7.37. The van der Waals surface area contributed by atoms with Gasteiger partial charge in [-0.3, -0.25) is 4.79 Å². The van der Waals surface area contributed by atoms with E-state index in [0.29, 0.717) is 6.42 Å². The van der Waals surface area contributed by atoms with Crippen LogP contribution in [-0.2, 0) is 11.2 Å². The minimum atomic E-state index is -0.204. The lowest BCUT2D eigenvalue weighted by atomic mass is 10.1. The first-order valence-corrected chi connectivity index (χ1v) is 9.98. The molecule has 4 heteroatoms. The predicted molar refractivity (Wildman–Crippen MR) is 117 cm³/mol. The molecule has 0 aliphatic heterocycles. The molecule has 1 aromatic heterocycles. The lowest BCUT2D eigenvalue weighted by Gasteiger charge is -2.22. The van der Waals surface area contributed by atoms with Crippen LogP contribution in [0.25, 0.3) is 11.0 Å². The van der Waals surface area contributed by atoms with Gasteiger partial charge >= 0.3 is 0 Å². The van der Waals surface area contributed by atoms with Crippen LogP contribution in [-0.4, -0.2) is 15.5 Å². The number of imidazole rings is 1. The molecule has 1 N–H and O–H groups in total. The highest BCUT2D eigenvalue weighted by Gasteiger charge is 2.22. The first-order valence-electron chi connectivity index (χ1n) is 9.98. The van der Waals surface area contributed by atoms with Gasteiger partial charge in [0.15, 0.2) is 0 Å². The largest absolute Gasteiger partial charge is 0.346 e. The Balaban J connectivity index is 1.65. The number of amides is 1. The van der Waals surface area contributed by atoms with Gasteiger partial charge in [0.25, 0.3) is 0 Å². The molecule has 1 heterocycles. The summed E-state index contributed by atoms with van der Waals surface area (Å²) in [6, 6.07) is 28.2. The first-order chi connectivity index (χ1) is 14.1. The molecule has 4 rings (SSSR count). The molecule has 0 saturated heterocycles. The molecule has 3 aromatic carbocycles. The lowest BCUT2D eigenvalue weighted by molar-refractivity contribution is -0.121. The number of nitrogens with one attached hydrogen (secondary N) is 1. The van der Waals surface area contributed by atoms with Gasteiger partial charge in [-0.05, 0) is 37.1 Å². The molecule has 4 aromatic rings. The summed E-state index contributed by atoms with van der Waals surface area (Å²) in [5.74, 6) is 0.860. The number of rotatable bonds is 6. The third kappa shape index (κ3) is 4.06. The van der Waals surface area contributed by atoms with Crippen LogP contribution in [0.5, 0.6) is 0 Å². The molecule has 0 saturated carbocycles. The zero-order valence-corrected chi connectivity index (χ0v) is 16.7. The Morgan fingerprint density at radius 3 is 2.24 bits per heavy atom. The molecule has 0 fully saturated rings. The SMILES string of the molecule is CC(NC(=O)Cc1ccccc1)c1nc2ccccc2n1C(C)c1ccccc1. The third-order valence-corrected chi connectivity index (χ3v) is 5.26. The molecular formula is C25H25N3O. The van der Waals surface area contributed by atoms with Crippen LogP contribution in [0.2, 0.25) is 0 Å². The summed E-state index contributed by atoms with van der Waals surface area (Å²) in [5, 5.41) is 3.13. The standard InChI is InChI=1S/C25H25N3O/c1-18(26-24(29)17-20-11-5-3-6-12-20)25-27-22-15-9-10-16-23(22)28(25)19(2)21-13-7-4-8-14-21/h3-16,18-19H,17H2,1-2H3,(H,26,29). The monoisotopic (exact) mass is 383 g/mol. The molecule has 2 unspecified atom stereocenters. The van der Waals surface area contributed by atoms with Crippen molar-refractivity contribution in [3.05, 3.63) is 102 Å². The number of para-hydroxylation sites is 2. The smallest absolute Gasteiger partial charge is 0.224 e. The van der Waals surface area contributed by atoms with Crippen LogP contribution in [0, 0.1) is 0 Å². The zero-order chi connectivity index (χ0) is 20.2. The molecule has 0 radical (unpaired) electrons. The van der Waals surface area contributed by atoms with E-state index in [2.05, 4.69) is 47.1 Å². The number of nitrogens with zero attached hydrogens (tertiary/aromatic N) is 2. The van der Waals surface area contributed by atoms with Crippen molar-refractivity contribution in [2.24, 2.45) is 0 Å². The van der Waals surface area contributed by atoms with Gasteiger partial charge in [0, 0.05) is 0 Å². The molecule has 146 valence electrons. The minimum absolute atomic E-state index is 0.00493. The van der Waals surface area contributed by atoms with E-state index in [1.54, 1.807) is 0 Å². The summed E-state index contributed by atoms with van der Waals surface area (Å²) in [4.78, 5) is 17.5. The van der Waals surface area contributed by atoms with Crippen LogP contribution in [0.1, 0.15) is 42.9 Å². The Hall–Kier alpha value is -3.40. The van der Waals surface area contributed by atoms with Crippen LogP contribution in [0.15, 0.2) is 84.9 Å². The fraction of sp³-hybridized carbons (Fsp3) is 0.200. The van der Waals surface area contributed by atoms with Crippen LogP contribution in [0.4, 0.5) is 0 Å². The van der Waals surface area contributed by atoms with Gasteiger partial charge < -0.3 is 9.88 Å². The maximum atomic E-state index is 12.6. The summed E-state index contributed by atoms with van der Waals surface area (Å²) in [7, 11) is 0. The van der Waals surface area contributed by atoms with Crippen molar-refractivity contribution in [3.8, 4) is 0 Å². The van der Waals surface area contributed by atoms with E-state index in [1.807, 2.05) is 61.5 Å². The number of hydrogen-bond donors (Lipinski definition) is 1. The molecule has 0 spiro atoms. The van der Waals surface area contributed by atoms with E-state index < -0.39 is 0 Å². The van der Waals surface area contributed by atoms with Crippen LogP contribution >= 0.6 is 0 Å². The van der Waals surface area contributed by atoms with Gasteiger partial charge in [-0.2, -0.15) is 0 Å². The zero-order valence-electron chi connectivity index (χ0n) is 16.7.